The fourth-order valence-electron chi connectivity index (χ4n) is 2.30. The number of ether oxygens (including phenoxy) is 1. The summed E-state index contributed by atoms with van der Waals surface area (Å²) >= 11 is 1.54. The average Bonchev–Trinajstić information content (AvgIpc) is 3.05. The zero-order valence-corrected chi connectivity index (χ0v) is 15.7. The van der Waals surface area contributed by atoms with E-state index in [-0.39, 0.29) is 24.5 Å². The molecule has 0 aliphatic heterocycles. The zero-order chi connectivity index (χ0) is 18.4. The second kappa shape index (κ2) is 8.62. The van der Waals surface area contributed by atoms with Crippen molar-refractivity contribution in [2.45, 2.75) is 26.8 Å². The van der Waals surface area contributed by atoms with Gasteiger partial charge >= 0.3 is 5.97 Å². The Kier molecular flexibility index (Phi) is 6.52. The number of esters is 1. The lowest BCUT2D eigenvalue weighted by Gasteiger charge is -2.24. The molecule has 1 N–H and O–H groups in total. The highest BCUT2D eigenvalue weighted by molar-refractivity contribution is 7.09. The molecule has 2 aromatic rings. The lowest BCUT2D eigenvalue weighted by molar-refractivity contribution is -0.140. The Hall–Kier alpha value is -2.41. The van der Waals surface area contributed by atoms with Crippen molar-refractivity contribution in [2.75, 3.05) is 25.5 Å². The number of aryl methyl sites for hydroxylation is 1. The van der Waals surface area contributed by atoms with Gasteiger partial charge in [-0.15, -0.1) is 11.3 Å². The number of carbonyl (C=O) groups excluding carboxylic acids is 2. The molecule has 2 rings (SSSR count). The van der Waals surface area contributed by atoms with Crippen molar-refractivity contribution in [2.24, 2.45) is 0 Å². The standard InChI is InChI=1S/C18H23N3O3S/c1-5-24-16(22)10-19-15-9-7-6-8-14(15)18(23)21(4)13(3)17-20-12(2)11-25-17/h6-9,11,13,19H,5,10H2,1-4H3/t13-/m1/s1. The monoisotopic (exact) mass is 361 g/mol. The smallest absolute Gasteiger partial charge is 0.325 e. The van der Waals surface area contributed by atoms with Gasteiger partial charge in [-0.3, -0.25) is 9.59 Å². The van der Waals surface area contributed by atoms with Crippen LogP contribution < -0.4 is 5.32 Å². The van der Waals surface area contributed by atoms with Gasteiger partial charge in [0.2, 0.25) is 0 Å². The van der Waals surface area contributed by atoms with Gasteiger partial charge in [-0.1, -0.05) is 12.1 Å². The zero-order valence-electron chi connectivity index (χ0n) is 14.9. The molecule has 0 saturated carbocycles. The van der Waals surface area contributed by atoms with E-state index in [9.17, 15) is 9.59 Å². The first-order chi connectivity index (χ1) is 11.9. The number of rotatable bonds is 7. The number of nitrogens with zero attached hydrogens (tertiary/aromatic N) is 2. The Labute approximate surface area is 151 Å². The highest BCUT2D eigenvalue weighted by atomic mass is 32.1. The van der Waals surface area contributed by atoms with E-state index in [0.717, 1.165) is 10.7 Å². The van der Waals surface area contributed by atoms with Gasteiger partial charge in [0.05, 0.1) is 18.2 Å². The molecule has 1 heterocycles. The van der Waals surface area contributed by atoms with Gasteiger partial charge in [0.25, 0.3) is 5.91 Å². The Bertz CT molecular complexity index is 745. The van der Waals surface area contributed by atoms with Crippen LogP contribution >= 0.6 is 11.3 Å². The van der Waals surface area contributed by atoms with Crippen LogP contribution in [0, 0.1) is 6.92 Å². The predicted octanol–water partition coefficient (Wildman–Crippen LogP) is 3.26. The van der Waals surface area contributed by atoms with Crippen molar-refractivity contribution < 1.29 is 14.3 Å². The van der Waals surface area contributed by atoms with Crippen molar-refractivity contribution in [3.63, 3.8) is 0 Å². The molecule has 1 atom stereocenters. The Balaban J connectivity index is 2.14. The van der Waals surface area contributed by atoms with E-state index in [4.69, 9.17) is 4.74 Å². The number of nitrogens with one attached hydrogen (secondary N) is 1. The summed E-state index contributed by atoms with van der Waals surface area (Å²) in [7, 11) is 1.76. The predicted molar refractivity (Wildman–Crippen MR) is 98.9 cm³/mol. The first kappa shape index (κ1) is 18.9. The summed E-state index contributed by atoms with van der Waals surface area (Å²) < 4.78 is 4.91. The Morgan fingerprint density at radius 3 is 2.72 bits per heavy atom. The van der Waals surface area contributed by atoms with E-state index in [1.807, 2.05) is 25.3 Å². The minimum atomic E-state index is -0.357. The fourth-order valence-corrected chi connectivity index (χ4v) is 3.19. The molecule has 7 heteroatoms. The quantitative estimate of drug-likeness (QED) is 0.767. The van der Waals surface area contributed by atoms with Gasteiger partial charge in [0.15, 0.2) is 0 Å². The first-order valence-electron chi connectivity index (χ1n) is 8.11. The van der Waals surface area contributed by atoms with Crippen LogP contribution in [0.1, 0.15) is 40.9 Å². The second-order valence-corrected chi connectivity index (χ2v) is 6.51. The summed E-state index contributed by atoms with van der Waals surface area (Å²) in [6, 6.07) is 7.00. The van der Waals surface area contributed by atoms with Crippen LogP contribution in [-0.2, 0) is 9.53 Å². The van der Waals surface area contributed by atoms with Crippen molar-refractivity contribution in [1.29, 1.82) is 0 Å². The topological polar surface area (TPSA) is 71.5 Å². The second-order valence-electron chi connectivity index (χ2n) is 5.62. The largest absolute Gasteiger partial charge is 0.465 e. The SMILES string of the molecule is CCOC(=O)CNc1ccccc1C(=O)N(C)[C@H](C)c1nc(C)cs1. The molecule has 0 saturated heterocycles. The molecular formula is C18H23N3O3S. The van der Waals surface area contributed by atoms with E-state index in [0.29, 0.717) is 17.9 Å². The van der Waals surface area contributed by atoms with Crippen molar-refractivity contribution in [3.05, 3.63) is 45.9 Å². The molecule has 25 heavy (non-hydrogen) atoms. The van der Waals surface area contributed by atoms with Crippen LogP contribution in [-0.4, -0.2) is 42.0 Å². The number of aromatic nitrogens is 1. The number of carbonyl (C=O) groups is 2. The minimum Gasteiger partial charge on any atom is -0.465 e. The summed E-state index contributed by atoms with van der Waals surface area (Å²) in [6.07, 6.45) is 0. The number of amides is 1. The summed E-state index contributed by atoms with van der Waals surface area (Å²) in [5.41, 5.74) is 2.06. The number of hydrogen-bond donors (Lipinski definition) is 1. The van der Waals surface area contributed by atoms with Crippen molar-refractivity contribution in [1.82, 2.24) is 9.88 Å². The molecule has 0 spiro atoms. The van der Waals surface area contributed by atoms with Crippen LogP contribution in [0.2, 0.25) is 0 Å². The number of hydrogen-bond acceptors (Lipinski definition) is 6. The number of thiazole rings is 1. The van der Waals surface area contributed by atoms with Gasteiger partial charge in [0, 0.05) is 23.8 Å². The molecule has 0 fully saturated rings. The third kappa shape index (κ3) is 4.79. The third-order valence-corrected chi connectivity index (χ3v) is 4.91. The lowest BCUT2D eigenvalue weighted by Crippen LogP contribution is -2.30. The van der Waals surface area contributed by atoms with Gasteiger partial charge in [-0.05, 0) is 32.9 Å². The van der Waals surface area contributed by atoms with E-state index in [1.54, 1.807) is 48.4 Å². The van der Waals surface area contributed by atoms with Crippen LogP contribution in [0.25, 0.3) is 0 Å². The van der Waals surface area contributed by atoms with Crippen LogP contribution in [0.5, 0.6) is 0 Å². The van der Waals surface area contributed by atoms with E-state index < -0.39 is 0 Å². The maximum absolute atomic E-state index is 12.9. The first-order valence-corrected chi connectivity index (χ1v) is 8.99. The molecule has 0 radical (unpaired) electrons. The molecule has 1 aromatic carbocycles. The molecule has 0 aliphatic rings. The summed E-state index contributed by atoms with van der Waals surface area (Å²) in [6.45, 7) is 5.98. The maximum Gasteiger partial charge on any atom is 0.325 e. The third-order valence-electron chi connectivity index (χ3n) is 3.78. The Morgan fingerprint density at radius 2 is 2.08 bits per heavy atom. The molecule has 0 aliphatic carbocycles. The van der Waals surface area contributed by atoms with Crippen molar-refractivity contribution >= 4 is 28.9 Å². The molecule has 1 aromatic heterocycles. The Morgan fingerprint density at radius 1 is 1.36 bits per heavy atom. The lowest BCUT2D eigenvalue weighted by atomic mass is 10.1. The maximum atomic E-state index is 12.9. The van der Waals surface area contributed by atoms with E-state index in [1.165, 1.54) is 0 Å². The van der Waals surface area contributed by atoms with E-state index >= 15 is 0 Å². The van der Waals surface area contributed by atoms with Gasteiger partial charge in [-0.25, -0.2) is 4.98 Å². The summed E-state index contributed by atoms with van der Waals surface area (Å²) in [5, 5.41) is 5.85. The van der Waals surface area contributed by atoms with Gasteiger partial charge < -0.3 is 15.0 Å². The number of anilines is 1. The molecule has 0 unspecified atom stereocenters. The highest BCUT2D eigenvalue weighted by Crippen LogP contribution is 2.26. The normalized spacial score (nSPS) is 11.7. The molecule has 0 bridgehead atoms. The molecule has 1 amide bonds. The summed E-state index contributed by atoms with van der Waals surface area (Å²) in [5.74, 6) is -0.489. The average molecular weight is 361 g/mol. The number of para-hydroxylation sites is 1. The van der Waals surface area contributed by atoms with Gasteiger partial charge in [-0.2, -0.15) is 0 Å². The van der Waals surface area contributed by atoms with Crippen LogP contribution in [0.4, 0.5) is 5.69 Å². The minimum absolute atomic E-state index is 0.0169. The molecular weight excluding hydrogens is 338 g/mol. The fraction of sp³-hybridized carbons (Fsp3) is 0.389. The van der Waals surface area contributed by atoms with Gasteiger partial charge in [0.1, 0.15) is 11.6 Å². The number of benzene rings is 1. The van der Waals surface area contributed by atoms with Crippen LogP contribution in [0.3, 0.4) is 0 Å². The van der Waals surface area contributed by atoms with Crippen LogP contribution in [0.15, 0.2) is 29.6 Å². The molecule has 6 nitrogen and oxygen atoms in total. The van der Waals surface area contributed by atoms with Crippen molar-refractivity contribution in [3.8, 4) is 0 Å². The highest BCUT2D eigenvalue weighted by Gasteiger charge is 2.23. The summed E-state index contributed by atoms with van der Waals surface area (Å²) in [4.78, 5) is 30.6. The molecule has 134 valence electrons. The van der Waals surface area contributed by atoms with E-state index in [2.05, 4.69) is 10.3 Å².